The molecule has 0 N–H and O–H groups in total. The fourth-order valence-corrected chi connectivity index (χ4v) is 0.304. The van der Waals surface area contributed by atoms with Crippen LogP contribution in [0.1, 0.15) is 0 Å². The molecule has 1 aromatic carbocycles. The molecule has 0 aliphatic rings. The van der Waals surface area contributed by atoms with Crippen LogP contribution in [-0.2, 0) is 0 Å². The van der Waals surface area contributed by atoms with Gasteiger partial charge in [-0.3, -0.25) is 0 Å². The van der Waals surface area contributed by atoms with E-state index in [1.54, 1.807) is 0 Å². The molecule has 0 spiro atoms. The van der Waals surface area contributed by atoms with Crippen LogP contribution < -0.4 is 0 Å². The predicted molar refractivity (Wildman–Crippen MR) is 38.6 cm³/mol. The number of hydrogen-bond acceptors (Lipinski definition) is 0. The topological polar surface area (TPSA) is 0 Å². The molecule has 0 nitrogen and oxygen atoms in total. The summed E-state index contributed by atoms with van der Waals surface area (Å²) in [6.07, 6.45) is 0. The van der Waals surface area contributed by atoms with Gasteiger partial charge >= 0.3 is 0 Å². The molecule has 0 fully saturated rings. The summed E-state index contributed by atoms with van der Waals surface area (Å²) < 4.78 is 0. The molecule has 8 heavy (non-hydrogen) atoms. The van der Waals surface area contributed by atoms with Crippen molar-refractivity contribution in [2.75, 3.05) is 0 Å². The van der Waals surface area contributed by atoms with Crippen molar-refractivity contribution >= 4 is 24.8 Å². The third-order valence-electron chi connectivity index (χ3n) is 0.554. The van der Waals surface area contributed by atoms with Gasteiger partial charge in [0, 0.05) is 0 Å². The van der Waals surface area contributed by atoms with E-state index in [9.17, 15) is 0 Å². The van der Waals surface area contributed by atoms with E-state index in [1.165, 1.54) is 0 Å². The zero-order valence-electron chi connectivity index (χ0n) is 4.13. The molecule has 0 atom stereocenters. The molecule has 0 radical (unpaired) electrons. The molecule has 0 aliphatic heterocycles. The molecule has 0 unspecified atom stereocenters. The van der Waals surface area contributed by atoms with E-state index in [-0.39, 0.29) is 24.8 Å². The minimum atomic E-state index is 0. The summed E-state index contributed by atoms with van der Waals surface area (Å²) in [5.41, 5.74) is 0. The van der Waals surface area contributed by atoms with Crippen LogP contribution in [0.3, 0.4) is 0 Å². The van der Waals surface area contributed by atoms with Gasteiger partial charge in [0.1, 0.15) is 0 Å². The smallest absolute Gasteiger partial charge is 0.0115 e. The standard InChI is InChI=1S/C6H4.2ClH/c1-2-4-6-5-3-1;;/h1-4H;2*1H. The molecule has 44 valence electrons. The monoisotopic (exact) mass is 148 g/mol. The number of rotatable bonds is 0. The second-order valence-corrected chi connectivity index (χ2v) is 1.01. The van der Waals surface area contributed by atoms with Crippen LogP contribution in [0.4, 0.5) is 0 Å². The van der Waals surface area contributed by atoms with Gasteiger partial charge in [-0.05, 0) is 12.1 Å². The first-order valence-electron chi connectivity index (χ1n) is 1.83. The van der Waals surface area contributed by atoms with Crippen LogP contribution in [0, 0.1) is 12.1 Å². The fourth-order valence-electron chi connectivity index (χ4n) is 0.304. The van der Waals surface area contributed by atoms with Gasteiger partial charge < -0.3 is 0 Å². The van der Waals surface area contributed by atoms with E-state index >= 15 is 0 Å². The lowest BCUT2D eigenvalue weighted by atomic mass is 10.4. The van der Waals surface area contributed by atoms with E-state index in [4.69, 9.17) is 0 Å². The van der Waals surface area contributed by atoms with E-state index in [2.05, 4.69) is 12.1 Å². The SMILES string of the molecule is Cl.Cl.c1ccccc#1. The van der Waals surface area contributed by atoms with Crippen LogP contribution in [0.25, 0.3) is 0 Å². The van der Waals surface area contributed by atoms with Crippen molar-refractivity contribution in [1.82, 2.24) is 0 Å². The van der Waals surface area contributed by atoms with E-state index in [0.717, 1.165) is 0 Å². The maximum Gasteiger partial charge on any atom is -0.0115 e. The Kier molecular flexibility index (Phi) is 8.75. The van der Waals surface area contributed by atoms with Crippen molar-refractivity contribution in [2.45, 2.75) is 0 Å². The van der Waals surface area contributed by atoms with Crippen molar-refractivity contribution < 1.29 is 0 Å². The highest BCUT2D eigenvalue weighted by molar-refractivity contribution is 5.85. The zero-order valence-corrected chi connectivity index (χ0v) is 5.76. The van der Waals surface area contributed by atoms with E-state index in [1.807, 2.05) is 24.3 Å². The Morgan fingerprint density at radius 2 is 1.12 bits per heavy atom. The molecule has 0 heterocycles. The van der Waals surface area contributed by atoms with Gasteiger partial charge in [-0.2, -0.15) is 0 Å². The maximum absolute atomic E-state index is 2.77. The third-order valence-corrected chi connectivity index (χ3v) is 0.554. The lowest BCUT2D eigenvalue weighted by molar-refractivity contribution is 1.76. The Balaban J connectivity index is 0. The summed E-state index contributed by atoms with van der Waals surface area (Å²) in [5.74, 6) is 0. The summed E-state index contributed by atoms with van der Waals surface area (Å²) in [6, 6.07) is 13.0. The summed E-state index contributed by atoms with van der Waals surface area (Å²) >= 11 is 0. The maximum atomic E-state index is 2.77. The summed E-state index contributed by atoms with van der Waals surface area (Å²) in [4.78, 5) is 0. The van der Waals surface area contributed by atoms with E-state index in [0.29, 0.717) is 0 Å². The van der Waals surface area contributed by atoms with Crippen molar-refractivity contribution in [1.29, 1.82) is 0 Å². The summed E-state index contributed by atoms with van der Waals surface area (Å²) in [7, 11) is 0. The zero-order chi connectivity index (χ0) is 4.24. The van der Waals surface area contributed by atoms with Crippen LogP contribution >= 0.6 is 24.8 Å². The highest BCUT2D eigenvalue weighted by atomic mass is 35.5. The summed E-state index contributed by atoms with van der Waals surface area (Å²) in [5, 5.41) is 0. The molecule has 0 bridgehead atoms. The van der Waals surface area contributed by atoms with Crippen molar-refractivity contribution in [3.8, 4) is 0 Å². The lowest BCUT2D eigenvalue weighted by Crippen LogP contribution is -1.43. The second kappa shape index (κ2) is 6.62. The minimum Gasteiger partial charge on any atom is -0.147 e. The fraction of sp³-hybridized carbons (Fsp3) is 0. The number of hydrogen-bond donors (Lipinski definition) is 0. The van der Waals surface area contributed by atoms with Crippen LogP contribution in [-0.4, -0.2) is 0 Å². The summed E-state index contributed by atoms with van der Waals surface area (Å²) in [6.45, 7) is 0. The molecule has 1 rings (SSSR count). The van der Waals surface area contributed by atoms with Gasteiger partial charge in [-0.25, -0.2) is 0 Å². The number of halogens is 2. The average molecular weight is 149 g/mol. The van der Waals surface area contributed by atoms with Gasteiger partial charge in [-0.1, -0.05) is 24.3 Å². The highest BCUT2D eigenvalue weighted by Crippen LogP contribution is 1.71. The molecule has 0 saturated heterocycles. The third kappa shape index (κ3) is 3.80. The van der Waals surface area contributed by atoms with Gasteiger partial charge in [-0.15, -0.1) is 24.8 Å². The van der Waals surface area contributed by atoms with Gasteiger partial charge in [0.2, 0.25) is 0 Å². The Labute approximate surface area is 61.7 Å². The second-order valence-electron chi connectivity index (χ2n) is 1.01. The highest BCUT2D eigenvalue weighted by Gasteiger charge is 1.53. The van der Waals surface area contributed by atoms with Gasteiger partial charge in [0.15, 0.2) is 0 Å². The molecule has 0 amide bonds. The lowest BCUT2D eigenvalue weighted by Gasteiger charge is -1.61. The molecule has 1 aromatic rings. The molecular formula is C6H6Cl2. The van der Waals surface area contributed by atoms with Crippen LogP contribution in [0.5, 0.6) is 0 Å². The minimum absolute atomic E-state index is 0. The van der Waals surface area contributed by atoms with E-state index < -0.39 is 0 Å². The van der Waals surface area contributed by atoms with Gasteiger partial charge in [0.25, 0.3) is 0 Å². The Morgan fingerprint density at radius 3 is 1.25 bits per heavy atom. The normalized spacial score (nSPS) is 5.00. The Hall–Kier alpha value is -0.380. The molecule has 0 aromatic heterocycles. The molecule has 0 saturated carbocycles. The van der Waals surface area contributed by atoms with Crippen LogP contribution in [0.2, 0.25) is 0 Å². The Morgan fingerprint density at radius 1 is 0.750 bits per heavy atom. The van der Waals surface area contributed by atoms with Crippen molar-refractivity contribution in [2.24, 2.45) is 0 Å². The van der Waals surface area contributed by atoms with Crippen molar-refractivity contribution in [3.63, 3.8) is 0 Å². The predicted octanol–water partition coefficient (Wildman–Crippen LogP) is 2.13. The quantitative estimate of drug-likeness (QED) is 0.530. The largest absolute Gasteiger partial charge is 0.147 e. The molecule has 2 heteroatoms. The molecule has 0 aliphatic carbocycles. The first-order valence-corrected chi connectivity index (χ1v) is 1.83. The molecular weight excluding hydrogens is 143 g/mol. The first-order chi connectivity index (χ1) is 3.00. The first kappa shape index (κ1) is 10.6. The van der Waals surface area contributed by atoms with Gasteiger partial charge in [0.05, 0.1) is 0 Å². The average Bonchev–Trinajstić information content (AvgIpc) is 1.72. The Bertz CT molecular complexity index is 78.5. The van der Waals surface area contributed by atoms with Crippen molar-refractivity contribution in [3.05, 3.63) is 36.4 Å². The van der Waals surface area contributed by atoms with Crippen LogP contribution in [0.15, 0.2) is 24.3 Å².